The molecule has 6 rings (SSSR count). The van der Waals surface area contributed by atoms with Gasteiger partial charge in [-0.05, 0) is 30.9 Å². The number of aliphatic hydroxyl groups excluding tert-OH is 1. The van der Waals surface area contributed by atoms with E-state index in [1.54, 1.807) is 22.4 Å². The smallest absolute Gasteiger partial charge is 0.248 e. The summed E-state index contributed by atoms with van der Waals surface area (Å²) < 4.78 is 0. The summed E-state index contributed by atoms with van der Waals surface area (Å²) in [6.45, 7) is 2.05. The Hall–Kier alpha value is -2.99. The summed E-state index contributed by atoms with van der Waals surface area (Å²) in [6, 6.07) is 18.3. The molecule has 40 heavy (non-hydrogen) atoms. The van der Waals surface area contributed by atoms with Crippen LogP contribution in [0.15, 0.2) is 60.8 Å². The van der Waals surface area contributed by atoms with Crippen molar-refractivity contribution in [3.05, 3.63) is 71.4 Å². The van der Waals surface area contributed by atoms with Crippen molar-refractivity contribution >= 4 is 28.6 Å². The molecule has 2 aromatic carbocycles. The monoisotopic (exact) mass is 576 g/mol. The van der Waals surface area contributed by atoms with Crippen LogP contribution in [0.4, 0.5) is 0 Å². The molecule has 0 radical (unpaired) electrons. The van der Waals surface area contributed by atoms with E-state index in [2.05, 4.69) is 17.1 Å². The Morgan fingerprint density at radius 1 is 1.00 bits per heavy atom. The summed E-state index contributed by atoms with van der Waals surface area (Å²) in [5.41, 5.74) is 8.14. The third-order valence-corrected chi connectivity index (χ3v) is 10.4. The zero-order valence-electron chi connectivity index (χ0n) is 22.2. The van der Waals surface area contributed by atoms with Gasteiger partial charge in [0.25, 0.3) is 0 Å². The lowest BCUT2D eigenvalue weighted by atomic mass is 9.63. The molecule has 1 saturated carbocycles. The third-order valence-electron chi connectivity index (χ3n) is 7.98. The van der Waals surface area contributed by atoms with E-state index in [4.69, 9.17) is 15.8 Å². The molecule has 5 N–H and O–H groups in total. The average molecular weight is 577 g/mol. The van der Waals surface area contributed by atoms with E-state index in [9.17, 15) is 15.0 Å². The van der Waals surface area contributed by atoms with Crippen molar-refractivity contribution in [2.45, 2.75) is 49.3 Å². The lowest BCUT2D eigenvalue weighted by Gasteiger charge is -2.49. The zero-order valence-corrected chi connectivity index (χ0v) is 23.8. The Balaban J connectivity index is 1.30. The molecule has 0 unspecified atom stereocenters. The van der Waals surface area contributed by atoms with Crippen LogP contribution in [-0.2, 0) is 15.9 Å². The van der Waals surface area contributed by atoms with Gasteiger partial charge in [0.05, 0.1) is 21.0 Å². The molecule has 0 bridgehead atoms. The van der Waals surface area contributed by atoms with Gasteiger partial charge in [0.1, 0.15) is 22.2 Å². The predicted octanol–water partition coefficient (Wildman–Crippen LogP) is 4.10. The molecule has 2 fully saturated rings. The first-order chi connectivity index (χ1) is 19.1. The van der Waals surface area contributed by atoms with E-state index < -0.39 is 23.3 Å². The van der Waals surface area contributed by atoms with Gasteiger partial charge in [-0.15, -0.1) is 22.7 Å². The Morgan fingerprint density at radius 3 is 2.30 bits per heavy atom. The molecule has 10 heteroatoms. The van der Waals surface area contributed by atoms with Gasteiger partial charge < -0.3 is 26.0 Å². The number of likely N-dealkylation sites (tertiary alicyclic amines) is 1. The highest BCUT2D eigenvalue weighted by molar-refractivity contribution is 7.23. The Labute approximate surface area is 240 Å². The van der Waals surface area contributed by atoms with Crippen molar-refractivity contribution in [3.63, 3.8) is 0 Å². The molecule has 208 valence electrons. The Kier molecular flexibility index (Phi) is 6.89. The molecule has 1 aliphatic carbocycles. The van der Waals surface area contributed by atoms with Crippen molar-refractivity contribution in [1.82, 2.24) is 14.9 Å². The van der Waals surface area contributed by atoms with Gasteiger partial charge in [0, 0.05) is 43.2 Å². The van der Waals surface area contributed by atoms with Crippen molar-refractivity contribution < 1.29 is 20.1 Å². The molecule has 2 aromatic heterocycles. The van der Waals surface area contributed by atoms with Crippen molar-refractivity contribution in [1.29, 1.82) is 0 Å². The van der Waals surface area contributed by atoms with Crippen LogP contribution in [0.2, 0.25) is 0 Å². The molecule has 2 aliphatic rings. The Bertz CT molecular complexity index is 1510. The largest absolute Gasteiger partial charge is 0.390 e. The number of thiazole rings is 2. The molecule has 4 aromatic rings. The zero-order chi connectivity index (χ0) is 28.1. The second-order valence-electron chi connectivity index (χ2n) is 11.2. The number of nitrogens with zero attached hydrogens (tertiary/aromatic N) is 3. The number of hydrogen-bond donors (Lipinski definition) is 4. The first-order valence-electron chi connectivity index (χ1n) is 13.4. The summed E-state index contributed by atoms with van der Waals surface area (Å²) in [6.07, 6.45) is 3.57. The number of aromatic nitrogens is 2. The van der Waals surface area contributed by atoms with Gasteiger partial charge in [-0.3, -0.25) is 4.79 Å². The summed E-state index contributed by atoms with van der Waals surface area (Å²) in [5.74, 6) is -0.320. The third kappa shape index (κ3) is 5.00. The lowest BCUT2D eigenvalue weighted by Crippen LogP contribution is -2.58. The van der Waals surface area contributed by atoms with E-state index >= 15 is 0 Å². The van der Waals surface area contributed by atoms with Crippen LogP contribution in [0.5, 0.6) is 0 Å². The first kappa shape index (κ1) is 27.2. The number of piperidine rings is 1. The number of benzene rings is 2. The van der Waals surface area contributed by atoms with E-state index in [0.29, 0.717) is 43.8 Å². The number of carbonyl (C=O) groups excluding carboxylic acids is 1. The van der Waals surface area contributed by atoms with Crippen molar-refractivity contribution in [2.75, 3.05) is 19.7 Å². The maximum atomic E-state index is 11.8. The van der Waals surface area contributed by atoms with Crippen LogP contribution >= 0.6 is 22.7 Å². The number of carbonyl (C=O) groups is 1. The molecule has 3 heterocycles. The molecule has 1 saturated heterocycles. The van der Waals surface area contributed by atoms with Crippen LogP contribution in [0.3, 0.4) is 0 Å². The van der Waals surface area contributed by atoms with Crippen LogP contribution in [-0.4, -0.2) is 61.4 Å². The first-order valence-corrected chi connectivity index (χ1v) is 15.0. The predicted molar refractivity (Wildman–Crippen MR) is 157 cm³/mol. The fraction of sp³-hybridized carbons (Fsp3) is 0.367. The molecule has 1 amide bonds. The number of nitrogens with two attached hydrogens (primary N) is 1. The molecule has 0 spiro atoms. The highest BCUT2D eigenvalue weighted by atomic mass is 32.1. The second kappa shape index (κ2) is 10.1. The highest BCUT2D eigenvalue weighted by Gasteiger charge is 2.49. The number of hydrogen-bond acceptors (Lipinski definition) is 9. The number of aliphatic hydroxyl groups is 3. The van der Waals surface area contributed by atoms with Crippen molar-refractivity contribution in [2.24, 2.45) is 5.73 Å². The number of rotatable bonds is 6. The maximum absolute atomic E-state index is 11.8. The minimum absolute atomic E-state index is 0.320. The standard InChI is InChI=1S/C30H32N4O4S2/c1-28(37)17-29(31,18-28)21-9-7-19(8-10-21)24-25(20-5-3-2-4-6-20)40-26(33-24)22-15-32-27(39-22)30(38)11-13-34(14-12-30)23(36)16-35/h2-10,15,35,37-38H,11-14,16-18,31H2,1H3/t28-,29-. The van der Waals surface area contributed by atoms with Gasteiger partial charge in [-0.2, -0.15) is 0 Å². The van der Waals surface area contributed by atoms with Gasteiger partial charge in [0.15, 0.2) is 0 Å². The van der Waals surface area contributed by atoms with Gasteiger partial charge in [-0.1, -0.05) is 54.6 Å². The molecule has 8 nitrogen and oxygen atoms in total. The normalized spacial score (nSPS) is 24.1. The minimum atomic E-state index is -1.11. The fourth-order valence-electron chi connectivity index (χ4n) is 5.91. The summed E-state index contributed by atoms with van der Waals surface area (Å²) >= 11 is 3.02. The van der Waals surface area contributed by atoms with E-state index in [1.807, 2.05) is 49.4 Å². The maximum Gasteiger partial charge on any atom is 0.248 e. The SMILES string of the molecule is C[C@]1(O)C[C@@](N)(c2ccc(-c3nc(-c4cnc(C5(O)CCN(C(=O)CO)CC5)s4)sc3-c3ccccc3)cc2)C1. The molecule has 0 atom stereocenters. The quantitative estimate of drug-likeness (QED) is 0.272. The van der Waals surface area contributed by atoms with Crippen LogP contribution in [0.25, 0.3) is 31.6 Å². The van der Waals surface area contributed by atoms with Gasteiger partial charge in [-0.25, -0.2) is 9.97 Å². The molecular weight excluding hydrogens is 544 g/mol. The highest BCUT2D eigenvalue weighted by Crippen LogP contribution is 2.47. The van der Waals surface area contributed by atoms with E-state index in [0.717, 1.165) is 37.1 Å². The fourth-order valence-corrected chi connectivity index (χ4v) is 8.10. The lowest BCUT2D eigenvalue weighted by molar-refractivity contribution is -0.138. The molecular formula is C30H32N4O4S2. The summed E-state index contributed by atoms with van der Waals surface area (Å²) in [5, 5.41) is 32.2. The second-order valence-corrected chi connectivity index (χ2v) is 13.3. The Morgan fingerprint density at radius 2 is 1.68 bits per heavy atom. The van der Waals surface area contributed by atoms with Crippen LogP contribution < -0.4 is 5.73 Å². The van der Waals surface area contributed by atoms with E-state index in [-0.39, 0.29) is 5.91 Å². The molecule has 1 aliphatic heterocycles. The average Bonchev–Trinajstić information content (AvgIpc) is 3.61. The van der Waals surface area contributed by atoms with Gasteiger partial charge in [0.2, 0.25) is 5.91 Å². The topological polar surface area (TPSA) is 133 Å². The van der Waals surface area contributed by atoms with Crippen LogP contribution in [0, 0.1) is 0 Å². The summed E-state index contributed by atoms with van der Waals surface area (Å²) in [4.78, 5) is 25.0. The minimum Gasteiger partial charge on any atom is -0.390 e. The van der Waals surface area contributed by atoms with Gasteiger partial charge >= 0.3 is 0 Å². The van der Waals surface area contributed by atoms with E-state index in [1.165, 1.54) is 11.3 Å². The van der Waals surface area contributed by atoms with Crippen molar-refractivity contribution in [3.8, 4) is 31.6 Å². The number of amides is 1. The van der Waals surface area contributed by atoms with Crippen LogP contribution in [0.1, 0.15) is 43.2 Å². The summed E-state index contributed by atoms with van der Waals surface area (Å²) in [7, 11) is 0.